The first kappa shape index (κ1) is 21.6. The lowest BCUT2D eigenvalue weighted by atomic mass is 9.97. The molecule has 3 N–H and O–H groups in total. The minimum atomic E-state index is -0.365. The smallest absolute Gasteiger partial charge is 0.338 e. The van der Waals surface area contributed by atoms with E-state index in [0.29, 0.717) is 28.8 Å². The van der Waals surface area contributed by atoms with Gasteiger partial charge in [-0.15, -0.1) is 11.3 Å². The molecule has 1 aliphatic carbocycles. The number of rotatable bonds is 7. The normalized spacial score (nSPS) is 13.1. The largest absolute Gasteiger partial charge is 0.462 e. The van der Waals surface area contributed by atoms with E-state index < -0.39 is 0 Å². The second kappa shape index (κ2) is 9.65. The van der Waals surface area contributed by atoms with Gasteiger partial charge in [0, 0.05) is 10.6 Å². The van der Waals surface area contributed by atoms with Crippen LogP contribution in [0.3, 0.4) is 0 Å². The van der Waals surface area contributed by atoms with Gasteiger partial charge in [0.15, 0.2) is 5.16 Å². The Hall–Kier alpha value is -2.65. The molecule has 31 heavy (non-hydrogen) atoms. The van der Waals surface area contributed by atoms with Gasteiger partial charge < -0.3 is 15.8 Å². The number of carbonyl (C=O) groups is 2. The van der Waals surface area contributed by atoms with Crippen molar-refractivity contribution in [2.45, 2.75) is 44.2 Å². The molecule has 2 heterocycles. The molecule has 0 radical (unpaired) electrons. The second-order valence-electron chi connectivity index (χ2n) is 7.33. The fourth-order valence-electron chi connectivity index (χ4n) is 3.52. The minimum absolute atomic E-state index is 0.163. The zero-order chi connectivity index (χ0) is 21.8. The van der Waals surface area contributed by atoms with Crippen LogP contribution >= 0.6 is 23.1 Å². The highest BCUT2D eigenvalue weighted by Crippen LogP contribution is 2.38. The third-order valence-electron chi connectivity index (χ3n) is 5.00. The summed E-state index contributed by atoms with van der Waals surface area (Å²) in [6.45, 7) is 2.33. The molecule has 0 aliphatic heterocycles. The van der Waals surface area contributed by atoms with Gasteiger partial charge in [0.05, 0.1) is 23.3 Å². The zero-order valence-electron chi connectivity index (χ0n) is 17.3. The number of thiophene rings is 1. The number of fused-ring (bicyclic) bond motifs is 3. The first-order valence-electron chi connectivity index (χ1n) is 10.3. The third kappa shape index (κ3) is 4.99. The first-order valence-corrected chi connectivity index (χ1v) is 12.1. The fraction of sp³-hybridized carbons (Fsp3) is 0.364. The molecule has 0 spiro atoms. The average Bonchev–Trinajstić information content (AvgIpc) is 3.15. The average molecular weight is 457 g/mol. The van der Waals surface area contributed by atoms with Crippen LogP contribution in [0.2, 0.25) is 0 Å². The van der Waals surface area contributed by atoms with E-state index in [1.165, 1.54) is 35.0 Å². The van der Waals surface area contributed by atoms with Crippen LogP contribution in [-0.2, 0) is 22.4 Å². The maximum atomic E-state index is 12.3. The first-order chi connectivity index (χ1) is 15.0. The lowest BCUT2D eigenvalue weighted by molar-refractivity contribution is -0.113. The van der Waals surface area contributed by atoms with E-state index in [2.05, 4.69) is 15.3 Å². The van der Waals surface area contributed by atoms with Crippen LogP contribution in [0, 0.1) is 0 Å². The molecular weight excluding hydrogens is 432 g/mol. The molecule has 2 aromatic heterocycles. The second-order valence-corrected chi connectivity index (χ2v) is 9.36. The summed E-state index contributed by atoms with van der Waals surface area (Å²) in [6.07, 6.45) is 5.27. The quantitative estimate of drug-likeness (QED) is 0.307. The summed E-state index contributed by atoms with van der Waals surface area (Å²) >= 11 is 2.95. The van der Waals surface area contributed by atoms with Crippen molar-refractivity contribution in [2.24, 2.45) is 0 Å². The molecule has 1 aromatic carbocycles. The predicted molar refractivity (Wildman–Crippen MR) is 125 cm³/mol. The molecule has 0 saturated heterocycles. The molecule has 0 unspecified atom stereocenters. The van der Waals surface area contributed by atoms with Gasteiger partial charge in [-0.1, -0.05) is 18.7 Å². The summed E-state index contributed by atoms with van der Waals surface area (Å²) in [5.41, 5.74) is 8.60. The SMILES string of the molecule is CCCOC(=O)c1ccc(NC(=O)CSc2nc(N)c3c4c(sc3n2)CCCC4)cc1. The molecular formula is C22H24N4O3S2. The number of nitrogens with two attached hydrogens (primary N) is 1. The number of nitrogens with one attached hydrogen (secondary N) is 1. The number of nitrogen functional groups attached to an aromatic ring is 1. The van der Waals surface area contributed by atoms with Gasteiger partial charge in [0.1, 0.15) is 10.6 Å². The summed E-state index contributed by atoms with van der Waals surface area (Å²) in [5, 5.41) is 4.32. The molecule has 0 atom stereocenters. The number of amides is 1. The maximum Gasteiger partial charge on any atom is 0.338 e. The molecule has 4 rings (SSSR count). The van der Waals surface area contributed by atoms with Crippen molar-refractivity contribution in [3.05, 3.63) is 40.3 Å². The van der Waals surface area contributed by atoms with E-state index in [9.17, 15) is 9.59 Å². The van der Waals surface area contributed by atoms with Crippen LogP contribution in [0.4, 0.5) is 11.5 Å². The monoisotopic (exact) mass is 456 g/mol. The molecule has 1 amide bonds. The van der Waals surface area contributed by atoms with Crippen LogP contribution in [0.5, 0.6) is 0 Å². The van der Waals surface area contributed by atoms with Crippen molar-refractivity contribution in [3.8, 4) is 0 Å². The lowest BCUT2D eigenvalue weighted by Crippen LogP contribution is -2.14. The van der Waals surface area contributed by atoms with E-state index in [4.69, 9.17) is 10.5 Å². The van der Waals surface area contributed by atoms with Crippen LogP contribution in [0.15, 0.2) is 29.4 Å². The number of benzene rings is 1. The van der Waals surface area contributed by atoms with E-state index in [1.807, 2.05) is 6.92 Å². The van der Waals surface area contributed by atoms with Crippen LogP contribution in [-0.4, -0.2) is 34.2 Å². The molecule has 7 nitrogen and oxygen atoms in total. The molecule has 1 aliphatic rings. The molecule has 0 bridgehead atoms. The summed E-state index contributed by atoms with van der Waals surface area (Å²) in [6, 6.07) is 6.64. The number of aryl methyl sites for hydroxylation is 2. The summed E-state index contributed by atoms with van der Waals surface area (Å²) in [5.74, 6) is 0.114. The van der Waals surface area contributed by atoms with Crippen molar-refractivity contribution < 1.29 is 14.3 Å². The summed E-state index contributed by atoms with van der Waals surface area (Å²) in [4.78, 5) is 35.5. The molecule has 0 saturated carbocycles. The van der Waals surface area contributed by atoms with Crippen molar-refractivity contribution in [3.63, 3.8) is 0 Å². The van der Waals surface area contributed by atoms with Crippen molar-refractivity contribution in [1.82, 2.24) is 9.97 Å². The van der Waals surface area contributed by atoms with Crippen LogP contribution < -0.4 is 11.1 Å². The van der Waals surface area contributed by atoms with E-state index in [-0.39, 0.29) is 17.6 Å². The number of nitrogens with zero attached hydrogens (tertiary/aromatic N) is 2. The minimum Gasteiger partial charge on any atom is -0.462 e. The maximum absolute atomic E-state index is 12.3. The van der Waals surface area contributed by atoms with Gasteiger partial charge in [-0.25, -0.2) is 14.8 Å². The van der Waals surface area contributed by atoms with E-state index >= 15 is 0 Å². The lowest BCUT2D eigenvalue weighted by Gasteiger charge is -2.10. The van der Waals surface area contributed by atoms with Gasteiger partial charge in [-0.2, -0.15) is 0 Å². The van der Waals surface area contributed by atoms with Gasteiger partial charge in [0.2, 0.25) is 5.91 Å². The number of carbonyl (C=O) groups excluding carboxylic acids is 2. The molecule has 9 heteroatoms. The Kier molecular flexibility index (Phi) is 6.72. The Balaban J connectivity index is 1.36. The predicted octanol–water partition coefficient (Wildman–Crippen LogP) is 4.45. The standard InChI is InChI=1S/C22H24N4O3S2/c1-2-11-29-21(28)13-7-9-14(10-8-13)24-17(27)12-30-22-25-19(23)18-15-5-3-4-6-16(15)31-20(18)26-22/h7-10H,2-6,11-12H2,1H3,(H,24,27)(H2,23,25,26). The van der Waals surface area contributed by atoms with Crippen LogP contribution in [0.1, 0.15) is 47.0 Å². The fourth-order valence-corrected chi connectivity index (χ4v) is 5.50. The number of hydrogen-bond donors (Lipinski definition) is 2. The van der Waals surface area contributed by atoms with Crippen LogP contribution in [0.25, 0.3) is 10.2 Å². The third-order valence-corrected chi connectivity index (χ3v) is 7.03. The molecule has 0 fully saturated rings. The number of thioether (sulfide) groups is 1. The Labute approximate surface area is 188 Å². The number of aromatic nitrogens is 2. The highest BCUT2D eigenvalue weighted by atomic mass is 32.2. The highest BCUT2D eigenvalue weighted by Gasteiger charge is 2.20. The van der Waals surface area contributed by atoms with Crippen molar-refractivity contribution in [1.29, 1.82) is 0 Å². The molecule has 3 aromatic rings. The Morgan fingerprint density at radius 2 is 1.97 bits per heavy atom. The van der Waals surface area contributed by atoms with Gasteiger partial charge >= 0.3 is 5.97 Å². The number of anilines is 2. The topological polar surface area (TPSA) is 107 Å². The van der Waals surface area contributed by atoms with E-state index in [1.54, 1.807) is 35.6 Å². The Morgan fingerprint density at radius 1 is 1.19 bits per heavy atom. The van der Waals surface area contributed by atoms with Gasteiger partial charge in [-0.05, 0) is 61.9 Å². The zero-order valence-corrected chi connectivity index (χ0v) is 18.9. The number of ether oxygens (including phenoxy) is 1. The Bertz CT molecular complexity index is 1110. The van der Waals surface area contributed by atoms with Gasteiger partial charge in [-0.3, -0.25) is 4.79 Å². The number of esters is 1. The van der Waals surface area contributed by atoms with Crippen molar-refractivity contribution in [2.75, 3.05) is 23.4 Å². The Morgan fingerprint density at radius 3 is 2.74 bits per heavy atom. The van der Waals surface area contributed by atoms with Crippen molar-refractivity contribution >= 4 is 56.7 Å². The highest BCUT2D eigenvalue weighted by molar-refractivity contribution is 7.99. The number of hydrogen-bond acceptors (Lipinski definition) is 8. The van der Waals surface area contributed by atoms with Gasteiger partial charge in [0.25, 0.3) is 0 Å². The summed E-state index contributed by atoms with van der Waals surface area (Å²) < 4.78 is 5.10. The van der Waals surface area contributed by atoms with E-state index in [0.717, 1.165) is 29.5 Å². The summed E-state index contributed by atoms with van der Waals surface area (Å²) in [7, 11) is 0. The molecule has 162 valence electrons.